The van der Waals surface area contributed by atoms with Gasteiger partial charge in [0.15, 0.2) is 0 Å². The summed E-state index contributed by atoms with van der Waals surface area (Å²) in [6.45, 7) is 3.08. The molecule has 1 saturated carbocycles. The van der Waals surface area contributed by atoms with Crippen LogP contribution in [0.1, 0.15) is 37.3 Å². The average Bonchev–Trinajstić information content (AvgIpc) is 2.54. The third kappa shape index (κ3) is 2.15. The Bertz CT molecular complexity index is 656. The summed E-state index contributed by atoms with van der Waals surface area (Å²) in [6, 6.07) is 8.91. The molecule has 1 unspecified atom stereocenters. The molecule has 4 rings (SSSR count). The van der Waals surface area contributed by atoms with Gasteiger partial charge in [0.2, 0.25) is 0 Å². The van der Waals surface area contributed by atoms with Gasteiger partial charge in [-0.15, -0.1) is 0 Å². The van der Waals surface area contributed by atoms with E-state index in [1.54, 1.807) is 6.92 Å². The van der Waals surface area contributed by atoms with Crippen molar-refractivity contribution in [1.29, 1.82) is 0 Å². The van der Waals surface area contributed by atoms with Gasteiger partial charge in [-0.1, -0.05) is 24.3 Å². The van der Waals surface area contributed by atoms with Gasteiger partial charge in [0.1, 0.15) is 11.7 Å². The topological polar surface area (TPSA) is 55.4 Å². The number of carbonyl (C=O) groups excluding carboxylic acids is 2. The predicted molar refractivity (Wildman–Crippen MR) is 86.1 cm³/mol. The van der Waals surface area contributed by atoms with Gasteiger partial charge in [0.05, 0.1) is 6.61 Å². The van der Waals surface area contributed by atoms with Crippen LogP contribution in [0.5, 0.6) is 0 Å². The molecule has 1 saturated heterocycles. The molecule has 1 aliphatic heterocycles. The Morgan fingerprint density at radius 2 is 2.22 bits per heavy atom. The Morgan fingerprint density at radius 1 is 1.39 bits per heavy atom. The third-order valence-electron chi connectivity index (χ3n) is 6.11. The van der Waals surface area contributed by atoms with Gasteiger partial charge in [-0.2, -0.15) is 0 Å². The lowest BCUT2D eigenvalue weighted by Gasteiger charge is -2.56. The van der Waals surface area contributed by atoms with E-state index in [-0.39, 0.29) is 17.2 Å². The number of piperidine rings is 1. The number of carbonyl (C=O) groups is 2. The first kappa shape index (κ1) is 14.9. The zero-order chi connectivity index (χ0) is 16.0. The predicted octanol–water partition coefficient (Wildman–Crippen LogP) is 2.00. The lowest BCUT2D eigenvalue weighted by molar-refractivity contribution is -0.156. The molecule has 0 spiro atoms. The van der Waals surface area contributed by atoms with Crippen LogP contribution in [0, 0.1) is 11.8 Å². The first-order valence-electron chi connectivity index (χ1n) is 8.67. The maximum absolute atomic E-state index is 12.7. The van der Waals surface area contributed by atoms with Crippen molar-refractivity contribution in [3.05, 3.63) is 35.4 Å². The summed E-state index contributed by atoms with van der Waals surface area (Å²) in [4.78, 5) is 24.9. The second-order valence-electron chi connectivity index (χ2n) is 7.12. The minimum absolute atomic E-state index is 0.0667. The number of esters is 1. The van der Waals surface area contributed by atoms with Crippen LogP contribution in [0.4, 0.5) is 0 Å². The average molecular weight is 313 g/mol. The summed E-state index contributed by atoms with van der Waals surface area (Å²) in [6.07, 6.45) is 3.08. The van der Waals surface area contributed by atoms with Crippen molar-refractivity contribution < 1.29 is 14.3 Å². The fourth-order valence-electron chi connectivity index (χ4n) is 5.16. The number of hydrogen-bond donors (Lipinski definition) is 1. The zero-order valence-electron chi connectivity index (χ0n) is 13.5. The molecule has 2 fully saturated rings. The molecule has 4 nitrogen and oxygen atoms in total. The number of ether oxygens (including phenoxy) is 1. The largest absolute Gasteiger partial charge is 0.465 e. The van der Waals surface area contributed by atoms with Crippen LogP contribution in [-0.2, 0) is 26.2 Å². The van der Waals surface area contributed by atoms with Crippen LogP contribution in [0.15, 0.2) is 24.3 Å². The highest BCUT2D eigenvalue weighted by atomic mass is 16.5. The molecule has 0 radical (unpaired) electrons. The summed E-state index contributed by atoms with van der Waals surface area (Å²) in [5.41, 5.74) is 2.63. The molecule has 2 aliphatic carbocycles. The Hall–Kier alpha value is -1.68. The van der Waals surface area contributed by atoms with Crippen LogP contribution in [0.2, 0.25) is 0 Å². The quantitative estimate of drug-likeness (QED) is 0.670. The molecule has 23 heavy (non-hydrogen) atoms. The van der Waals surface area contributed by atoms with Crippen molar-refractivity contribution in [3.63, 3.8) is 0 Å². The number of nitrogens with one attached hydrogen (secondary N) is 1. The fourth-order valence-corrected chi connectivity index (χ4v) is 5.16. The Balaban J connectivity index is 1.74. The molecule has 0 aromatic heterocycles. The van der Waals surface area contributed by atoms with Crippen molar-refractivity contribution in [2.75, 3.05) is 13.2 Å². The van der Waals surface area contributed by atoms with Gasteiger partial charge >= 0.3 is 5.97 Å². The third-order valence-corrected chi connectivity index (χ3v) is 6.11. The van der Waals surface area contributed by atoms with Crippen LogP contribution in [-0.4, -0.2) is 30.9 Å². The molecule has 1 aromatic carbocycles. The Labute approximate surface area is 136 Å². The second kappa shape index (κ2) is 5.45. The van der Waals surface area contributed by atoms with E-state index in [9.17, 15) is 9.59 Å². The number of ketones is 1. The van der Waals surface area contributed by atoms with Gasteiger partial charge < -0.3 is 10.1 Å². The van der Waals surface area contributed by atoms with E-state index >= 15 is 0 Å². The molecule has 1 aromatic rings. The van der Waals surface area contributed by atoms with Gasteiger partial charge in [-0.25, -0.2) is 0 Å². The number of fused-ring (bicyclic) bond motifs is 1. The summed E-state index contributed by atoms with van der Waals surface area (Å²) in [7, 11) is 0. The molecule has 4 atom stereocenters. The molecular weight excluding hydrogens is 290 g/mol. The molecule has 4 heteroatoms. The van der Waals surface area contributed by atoms with E-state index in [1.165, 1.54) is 11.1 Å². The number of rotatable bonds is 2. The zero-order valence-corrected chi connectivity index (χ0v) is 13.5. The van der Waals surface area contributed by atoms with E-state index in [0.717, 1.165) is 19.4 Å². The van der Waals surface area contributed by atoms with E-state index < -0.39 is 5.92 Å². The SMILES string of the molecule is CCOC(=O)C1C[C@H]2[C@H]3Cc4ccccc4[C@@]2(CCN3)CC1=O. The monoisotopic (exact) mass is 313 g/mol. The summed E-state index contributed by atoms with van der Waals surface area (Å²) < 4.78 is 5.14. The lowest BCUT2D eigenvalue weighted by Crippen LogP contribution is -2.62. The standard InChI is InChI=1S/C19H23NO3/c1-2-23-18(22)13-10-15-16-9-12-5-3-4-6-14(12)19(15,7-8-20-16)11-17(13)21/h3-6,13,15-16,20H,2,7-11H2,1H3/t13?,15-,16+,19+/m0/s1. The molecule has 1 N–H and O–H groups in total. The van der Waals surface area contributed by atoms with E-state index in [2.05, 4.69) is 29.6 Å². The van der Waals surface area contributed by atoms with Gasteiger partial charge in [0, 0.05) is 17.9 Å². The fraction of sp³-hybridized carbons (Fsp3) is 0.579. The summed E-state index contributed by atoms with van der Waals surface area (Å²) in [5, 5.41) is 3.63. The van der Waals surface area contributed by atoms with Gasteiger partial charge in [-0.3, -0.25) is 9.59 Å². The lowest BCUT2D eigenvalue weighted by atomic mass is 9.51. The van der Waals surface area contributed by atoms with Crippen LogP contribution in [0.25, 0.3) is 0 Å². The highest BCUT2D eigenvalue weighted by Crippen LogP contribution is 2.54. The van der Waals surface area contributed by atoms with Crippen molar-refractivity contribution in [2.45, 2.75) is 44.1 Å². The first-order valence-corrected chi connectivity index (χ1v) is 8.67. The maximum Gasteiger partial charge on any atom is 0.316 e. The molecule has 1 heterocycles. The van der Waals surface area contributed by atoms with Crippen molar-refractivity contribution in [1.82, 2.24) is 5.32 Å². The molecule has 3 aliphatic rings. The molecule has 2 bridgehead atoms. The maximum atomic E-state index is 12.7. The van der Waals surface area contributed by atoms with Crippen molar-refractivity contribution in [2.24, 2.45) is 11.8 Å². The second-order valence-corrected chi connectivity index (χ2v) is 7.12. The molecular formula is C19H23NO3. The van der Waals surface area contributed by atoms with Gasteiger partial charge in [0.25, 0.3) is 0 Å². The van der Waals surface area contributed by atoms with E-state index in [4.69, 9.17) is 4.74 Å². The Kier molecular flexibility index (Phi) is 3.52. The van der Waals surface area contributed by atoms with E-state index in [1.807, 2.05) is 0 Å². The number of benzene rings is 1. The smallest absolute Gasteiger partial charge is 0.316 e. The van der Waals surface area contributed by atoms with Crippen LogP contribution >= 0.6 is 0 Å². The van der Waals surface area contributed by atoms with Crippen LogP contribution < -0.4 is 5.32 Å². The highest BCUT2D eigenvalue weighted by molar-refractivity contribution is 6.00. The highest BCUT2D eigenvalue weighted by Gasteiger charge is 2.56. The van der Waals surface area contributed by atoms with Gasteiger partial charge in [-0.05, 0) is 49.8 Å². The normalized spacial score (nSPS) is 35.2. The van der Waals surface area contributed by atoms with Crippen molar-refractivity contribution >= 4 is 11.8 Å². The summed E-state index contributed by atoms with van der Waals surface area (Å²) >= 11 is 0. The first-order chi connectivity index (χ1) is 11.2. The minimum atomic E-state index is -0.569. The van der Waals surface area contributed by atoms with E-state index in [0.29, 0.717) is 31.4 Å². The molecule has 122 valence electrons. The minimum Gasteiger partial charge on any atom is -0.465 e. The Morgan fingerprint density at radius 3 is 3.04 bits per heavy atom. The van der Waals surface area contributed by atoms with Crippen LogP contribution in [0.3, 0.4) is 0 Å². The number of hydrogen-bond acceptors (Lipinski definition) is 4. The van der Waals surface area contributed by atoms with Crippen molar-refractivity contribution in [3.8, 4) is 0 Å². The molecule has 0 amide bonds. The number of Topliss-reactive ketones (excluding diaryl/α,β-unsaturated/α-hetero) is 1. The summed E-state index contributed by atoms with van der Waals surface area (Å²) in [5.74, 6) is -0.486.